The van der Waals surface area contributed by atoms with E-state index in [1.807, 2.05) is 5.32 Å². The van der Waals surface area contributed by atoms with Gasteiger partial charge in [-0.05, 0) is 12.1 Å². The van der Waals surface area contributed by atoms with Crippen LogP contribution in [0.2, 0.25) is 5.02 Å². The second kappa shape index (κ2) is 8.53. The fraction of sp³-hybridized carbons (Fsp3) is 0.133. The number of nitrogens with zero attached hydrogens (tertiary/aromatic N) is 1. The van der Waals surface area contributed by atoms with E-state index in [2.05, 4.69) is 9.82 Å². The molecular weight excluding hydrogens is 436 g/mol. The minimum absolute atomic E-state index is 0.248. The zero-order valence-corrected chi connectivity index (χ0v) is 14.5. The van der Waals surface area contributed by atoms with Gasteiger partial charge in [-0.25, -0.2) is 28.4 Å². The standard InChI is InChI=1S/C15H8ClF6N3O4/c16-7-1-5(15(20,21)22)3-23-13(7)24-12-6(2-8(17)10(18)11(12)19)14(28)25-29-4-9(26)27/h1-3H,4H2,(H,23,24)(H,25,28)(H,26,27). The zero-order chi connectivity index (χ0) is 21.9. The molecule has 1 aromatic carbocycles. The number of halogens is 7. The molecule has 0 unspecified atom stereocenters. The van der Waals surface area contributed by atoms with Gasteiger partial charge in [-0.1, -0.05) is 11.6 Å². The van der Waals surface area contributed by atoms with Crippen LogP contribution in [-0.2, 0) is 15.8 Å². The van der Waals surface area contributed by atoms with E-state index in [-0.39, 0.29) is 6.07 Å². The summed E-state index contributed by atoms with van der Waals surface area (Å²) in [6.45, 7) is -1.01. The average Bonchev–Trinajstić information content (AvgIpc) is 2.61. The third-order valence-corrected chi connectivity index (χ3v) is 3.47. The van der Waals surface area contributed by atoms with Gasteiger partial charge >= 0.3 is 12.1 Å². The highest BCUT2D eigenvalue weighted by molar-refractivity contribution is 6.33. The van der Waals surface area contributed by atoms with Gasteiger partial charge in [-0.15, -0.1) is 0 Å². The molecule has 0 fully saturated rings. The van der Waals surface area contributed by atoms with Gasteiger partial charge in [0.15, 0.2) is 24.1 Å². The van der Waals surface area contributed by atoms with E-state index in [4.69, 9.17) is 16.7 Å². The number of pyridine rings is 1. The first-order chi connectivity index (χ1) is 13.4. The van der Waals surface area contributed by atoms with Gasteiger partial charge in [0, 0.05) is 6.20 Å². The number of carbonyl (C=O) groups is 2. The van der Waals surface area contributed by atoms with Crippen LogP contribution in [0.3, 0.4) is 0 Å². The number of aliphatic carboxylic acids is 1. The number of rotatable bonds is 6. The summed E-state index contributed by atoms with van der Waals surface area (Å²) in [7, 11) is 0. The van der Waals surface area contributed by atoms with Crippen molar-refractivity contribution >= 4 is 35.0 Å². The Morgan fingerprint density at radius 1 is 1.17 bits per heavy atom. The molecule has 0 saturated heterocycles. The number of aromatic nitrogens is 1. The first kappa shape index (κ1) is 22.2. The molecule has 0 radical (unpaired) electrons. The number of carboxylic acids is 1. The molecule has 0 atom stereocenters. The first-order valence-electron chi connectivity index (χ1n) is 7.23. The summed E-state index contributed by atoms with van der Waals surface area (Å²) in [5.74, 6) is -9.17. The number of hydrogen-bond acceptors (Lipinski definition) is 5. The third kappa shape index (κ3) is 5.26. The van der Waals surface area contributed by atoms with Crippen molar-refractivity contribution < 1.29 is 45.9 Å². The number of benzene rings is 1. The van der Waals surface area contributed by atoms with E-state index >= 15 is 0 Å². The molecule has 0 aliphatic carbocycles. The van der Waals surface area contributed by atoms with Crippen molar-refractivity contribution in [1.29, 1.82) is 0 Å². The van der Waals surface area contributed by atoms with Crippen molar-refractivity contribution in [2.24, 2.45) is 0 Å². The lowest BCUT2D eigenvalue weighted by Crippen LogP contribution is -2.28. The topological polar surface area (TPSA) is 101 Å². The highest BCUT2D eigenvalue weighted by Crippen LogP contribution is 2.35. The fourth-order valence-corrected chi connectivity index (χ4v) is 2.13. The number of carboxylic acid groups (broad SMARTS) is 1. The van der Waals surface area contributed by atoms with E-state index in [1.54, 1.807) is 5.48 Å². The molecule has 0 saturated carbocycles. The van der Waals surface area contributed by atoms with Crippen molar-refractivity contribution in [3.63, 3.8) is 0 Å². The highest BCUT2D eigenvalue weighted by Gasteiger charge is 2.32. The number of nitrogens with one attached hydrogen (secondary N) is 2. The van der Waals surface area contributed by atoms with Crippen LogP contribution in [0.1, 0.15) is 15.9 Å². The summed E-state index contributed by atoms with van der Waals surface area (Å²) in [5.41, 5.74) is -1.63. The fourth-order valence-electron chi connectivity index (χ4n) is 1.92. The van der Waals surface area contributed by atoms with Crippen molar-refractivity contribution in [1.82, 2.24) is 10.5 Å². The molecule has 0 aliphatic heterocycles. The minimum Gasteiger partial charge on any atom is -0.479 e. The quantitative estimate of drug-likeness (QED) is 0.358. The molecule has 1 amide bonds. The lowest BCUT2D eigenvalue weighted by atomic mass is 10.1. The van der Waals surface area contributed by atoms with E-state index in [0.29, 0.717) is 12.3 Å². The molecular formula is C15H8ClF6N3O4. The van der Waals surface area contributed by atoms with Crippen molar-refractivity contribution in [3.8, 4) is 0 Å². The Kier molecular flexibility index (Phi) is 6.54. The Labute approximate surface area is 162 Å². The predicted molar refractivity (Wildman–Crippen MR) is 84.9 cm³/mol. The SMILES string of the molecule is O=C(O)CONC(=O)c1cc(F)c(F)c(F)c1Nc1ncc(C(F)(F)F)cc1Cl. The van der Waals surface area contributed by atoms with Gasteiger partial charge in [-0.3, -0.25) is 9.63 Å². The van der Waals surface area contributed by atoms with Crippen molar-refractivity contribution in [2.75, 3.05) is 11.9 Å². The van der Waals surface area contributed by atoms with E-state index < -0.39 is 69.8 Å². The molecule has 1 aromatic heterocycles. The Bertz CT molecular complexity index is 970. The maximum atomic E-state index is 14.2. The third-order valence-electron chi connectivity index (χ3n) is 3.18. The number of carbonyl (C=O) groups excluding carboxylic acids is 1. The van der Waals surface area contributed by atoms with Crippen LogP contribution in [0.15, 0.2) is 18.3 Å². The van der Waals surface area contributed by atoms with Crippen LogP contribution in [-0.4, -0.2) is 28.6 Å². The Balaban J connectivity index is 2.42. The molecule has 2 aromatic rings. The van der Waals surface area contributed by atoms with Crippen LogP contribution in [0.25, 0.3) is 0 Å². The normalized spacial score (nSPS) is 11.3. The molecule has 7 nitrogen and oxygen atoms in total. The van der Waals surface area contributed by atoms with E-state index in [0.717, 1.165) is 0 Å². The Hall–Kier alpha value is -3.06. The summed E-state index contributed by atoms with van der Waals surface area (Å²) < 4.78 is 79.2. The zero-order valence-electron chi connectivity index (χ0n) is 13.7. The van der Waals surface area contributed by atoms with Crippen LogP contribution in [0.4, 0.5) is 37.8 Å². The summed E-state index contributed by atoms with van der Waals surface area (Å²) in [4.78, 5) is 30.0. The number of alkyl halides is 3. The number of anilines is 2. The maximum absolute atomic E-state index is 14.2. The lowest BCUT2D eigenvalue weighted by molar-refractivity contribution is -0.144. The van der Waals surface area contributed by atoms with Crippen LogP contribution in [0, 0.1) is 17.5 Å². The minimum atomic E-state index is -4.78. The van der Waals surface area contributed by atoms with E-state index in [9.17, 15) is 35.9 Å². The monoisotopic (exact) mass is 443 g/mol. The summed E-state index contributed by atoms with van der Waals surface area (Å²) in [6.07, 6.45) is -4.45. The number of hydrogen-bond donors (Lipinski definition) is 3. The molecule has 14 heteroatoms. The molecule has 1 heterocycles. The summed E-state index contributed by atoms with van der Waals surface area (Å²) in [5, 5.41) is 9.76. The van der Waals surface area contributed by atoms with Crippen LogP contribution >= 0.6 is 11.6 Å². The van der Waals surface area contributed by atoms with Gasteiger partial charge in [-0.2, -0.15) is 13.2 Å². The first-order valence-corrected chi connectivity index (χ1v) is 7.60. The molecule has 29 heavy (non-hydrogen) atoms. The largest absolute Gasteiger partial charge is 0.479 e. The van der Waals surface area contributed by atoms with Gasteiger partial charge < -0.3 is 10.4 Å². The molecule has 2 rings (SSSR count). The summed E-state index contributed by atoms with van der Waals surface area (Å²) >= 11 is 5.65. The van der Waals surface area contributed by atoms with Gasteiger partial charge in [0.25, 0.3) is 5.91 Å². The molecule has 156 valence electrons. The average molecular weight is 444 g/mol. The molecule has 0 bridgehead atoms. The smallest absolute Gasteiger partial charge is 0.417 e. The van der Waals surface area contributed by atoms with Gasteiger partial charge in [0.05, 0.1) is 21.8 Å². The van der Waals surface area contributed by atoms with Crippen LogP contribution in [0.5, 0.6) is 0 Å². The van der Waals surface area contributed by atoms with Gasteiger partial charge in [0.1, 0.15) is 5.82 Å². The Morgan fingerprint density at radius 2 is 1.83 bits per heavy atom. The Morgan fingerprint density at radius 3 is 2.38 bits per heavy atom. The van der Waals surface area contributed by atoms with Gasteiger partial charge in [0.2, 0.25) is 0 Å². The molecule has 0 spiro atoms. The molecule has 0 aliphatic rings. The summed E-state index contributed by atoms with van der Waals surface area (Å²) in [6, 6.07) is 0.683. The van der Waals surface area contributed by atoms with Crippen molar-refractivity contribution in [2.45, 2.75) is 6.18 Å². The second-order valence-electron chi connectivity index (χ2n) is 5.20. The highest BCUT2D eigenvalue weighted by atomic mass is 35.5. The number of amides is 1. The second-order valence-corrected chi connectivity index (χ2v) is 5.61. The molecule has 3 N–H and O–H groups in total. The predicted octanol–water partition coefficient (Wildman–Crippen LogP) is 3.66. The van der Waals surface area contributed by atoms with E-state index in [1.165, 1.54) is 0 Å². The maximum Gasteiger partial charge on any atom is 0.417 e. The lowest BCUT2D eigenvalue weighted by Gasteiger charge is -2.15. The van der Waals surface area contributed by atoms with Crippen molar-refractivity contribution in [3.05, 3.63) is 51.9 Å². The number of hydroxylamine groups is 1. The van der Waals surface area contributed by atoms with Crippen LogP contribution < -0.4 is 10.8 Å².